The van der Waals surface area contributed by atoms with Gasteiger partial charge in [-0.1, -0.05) is 42.0 Å². The van der Waals surface area contributed by atoms with Crippen molar-refractivity contribution in [1.82, 2.24) is 4.90 Å². The molecule has 24 heavy (non-hydrogen) atoms. The number of hydrogen-bond donors (Lipinski definition) is 1. The summed E-state index contributed by atoms with van der Waals surface area (Å²) in [6.07, 6.45) is 4.74. The van der Waals surface area contributed by atoms with E-state index in [1.54, 1.807) is 5.56 Å². The lowest BCUT2D eigenvalue weighted by Gasteiger charge is -2.29. The van der Waals surface area contributed by atoms with Crippen molar-refractivity contribution in [2.24, 2.45) is 0 Å². The SMILES string of the molecule is Cc1ccc(-c2ccc3c(c2)[C@H]2C[C@@H]3CCCN2CCCO)cc1. The smallest absolute Gasteiger partial charge is 0.0443 e. The molecule has 2 atom stereocenters. The first-order chi connectivity index (χ1) is 11.8. The molecule has 1 fully saturated rings. The maximum atomic E-state index is 9.22. The predicted octanol–water partition coefficient (Wildman–Crippen LogP) is 4.67. The summed E-state index contributed by atoms with van der Waals surface area (Å²) in [6, 6.07) is 16.5. The summed E-state index contributed by atoms with van der Waals surface area (Å²) >= 11 is 0. The van der Waals surface area contributed by atoms with E-state index >= 15 is 0 Å². The second-order valence-corrected chi connectivity index (χ2v) is 7.41. The Kier molecular flexibility index (Phi) is 4.43. The highest BCUT2D eigenvalue weighted by atomic mass is 16.3. The minimum atomic E-state index is 0.295. The van der Waals surface area contributed by atoms with Crippen LogP contribution in [0, 0.1) is 6.92 Å². The molecule has 2 aliphatic rings. The highest BCUT2D eigenvalue weighted by Gasteiger charge is 2.36. The number of aliphatic hydroxyl groups excluding tert-OH is 1. The fraction of sp³-hybridized carbons (Fsp3) is 0.455. The Morgan fingerprint density at radius 2 is 1.83 bits per heavy atom. The van der Waals surface area contributed by atoms with E-state index < -0.39 is 0 Å². The fourth-order valence-corrected chi connectivity index (χ4v) is 4.54. The summed E-state index contributed by atoms with van der Waals surface area (Å²) in [6.45, 7) is 4.62. The number of nitrogens with zero attached hydrogens (tertiary/aromatic N) is 1. The van der Waals surface area contributed by atoms with Gasteiger partial charge in [0, 0.05) is 19.2 Å². The van der Waals surface area contributed by atoms with Crippen LogP contribution in [0.4, 0.5) is 0 Å². The van der Waals surface area contributed by atoms with Gasteiger partial charge in [0.05, 0.1) is 0 Å². The quantitative estimate of drug-likeness (QED) is 0.884. The van der Waals surface area contributed by atoms with Crippen LogP contribution in [0.5, 0.6) is 0 Å². The van der Waals surface area contributed by atoms with Crippen molar-refractivity contribution in [3.63, 3.8) is 0 Å². The Morgan fingerprint density at radius 3 is 2.62 bits per heavy atom. The van der Waals surface area contributed by atoms with Gasteiger partial charge in [0.2, 0.25) is 0 Å². The van der Waals surface area contributed by atoms with Crippen LogP contribution in [-0.2, 0) is 0 Å². The van der Waals surface area contributed by atoms with Gasteiger partial charge in [0.25, 0.3) is 0 Å². The zero-order chi connectivity index (χ0) is 16.5. The lowest BCUT2D eigenvalue weighted by atomic mass is 9.93. The number of fused-ring (bicyclic) bond motifs is 5. The van der Waals surface area contributed by atoms with Gasteiger partial charge >= 0.3 is 0 Å². The second kappa shape index (κ2) is 6.70. The molecule has 0 amide bonds. The average Bonchev–Trinajstić information content (AvgIpc) is 2.82. The van der Waals surface area contributed by atoms with Crippen molar-refractivity contribution < 1.29 is 5.11 Å². The van der Waals surface area contributed by atoms with Gasteiger partial charge in [-0.05, 0) is 73.4 Å². The molecule has 4 rings (SSSR count). The van der Waals surface area contributed by atoms with E-state index in [0.29, 0.717) is 12.6 Å². The monoisotopic (exact) mass is 321 g/mol. The molecule has 0 unspecified atom stereocenters. The van der Waals surface area contributed by atoms with Gasteiger partial charge in [0.1, 0.15) is 0 Å². The van der Waals surface area contributed by atoms with E-state index in [9.17, 15) is 5.11 Å². The molecule has 1 heterocycles. The molecule has 1 saturated heterocycles. The summed E-state index contributed by atoms with van der Waals surface area (Å²) in [5.74, 6) is 0.733. The molecule has 2 nitrogen and oxygen atoms in total. The predicted molar refractivity (Wildman–Crippen MR) is 99.2 cm³/mol. The van der Waals surface area contributed by atoms with Gasteiger partial charge < -0.3 is 5.11 Å². The molecule has 2 heteroatoms. The van der Waals surface area contributed by atoms with E-state index in [1.807, 2.05) is 0 Å². The van der Waals surface area contributed by atoms with Crippen LogP contribution in [0.1, 0.15) is 54.3 Å². The van der Waals surface area contributed by atoms with Crippen LogP contribution in [0.15, 0.2) is 42.5 Å². The van der Waals surface area contributed by atoms with Crippen LogP contribution >= 0.6 is 0 Å². The van der Waals surface area contributed by atoms with E-state index in [1.165, 1.54) is 48.1 Å². The number of aliphatic hydroxyl groups is 1. The first-order valence-electron chi connectivity index (χ1n) is 9.32. The van der Waals surface area contributed by atoms with E-state index in [4.69, 9.17) is 0 Å². The van der Waals surface area contributed by atoms with Gasteiger partial charge in [-0.25, -0.2) is 0 Å². The van der Waals surface area contributed by atoms with Gasteiger partial charge in [-0.3, -0.25) is 4.90 Å². The molecule has 0 aromatic heterocycles. The third-order valence-electron chi connectivity index (χ3n) is 5.82. The molecular weight excluding hydrogens is 294 g/mol. The maximum absolute atomic E-state index is 9.22. The molecule has 2 aromatic rings. The molecule has 0 radical (unpaired) electrons. The summed E-state index contributed by atoms with van der Waals surface area (Å²) in [5, 5.41) is 9.22. The van der Waals surface area contributed by atoms with Crippen molar-refractivity contribution >= 4 is 0 Å². The summed E-state index contributed by atoms with van der Waals surface area (Å²) in [4.78, 5) is 2.61. The number of hydrogen-bond acceptors (Lipinski definition) is 2. The zero-order valence-corrected chi connectivity index (χ0v) is 14.5. The van der Waals surface area contributed by atoms with Crippen molar-refractivity contribution in [2.45, 2.75) is 44.6 Å². The molecule has 1 N–H and O–H groups in total. The summed E-state index contributed by atoms with van der Waals surface area (Å²) in [7, 11) is 0. The first-order valence-corrected chi connectivity index (χ1v) is 9.32. The molecule has 2 aromatic carbocycles. The van der Waals surface area contributed by atoms with Crippen molar-refractivity contribution in [1.29, 1.82) is 0 Å². The maximum Gasteiger partial charge on any atom is 0.0443 e. The van der Waals surface area contributed by atoms with Gasteiger partial charge in [-0.2, -0.15) is 0 Å². The average molecular weight is 321 g/mol. The van der Waals surface area contributed by atoms with Gasteiger partial charge in [-0.15, -0.1) is 0 Å². The number of benzene rings is 2. The van der Waals surface area contributed by atoms with Crippen LogP contribution in [-0.4, -0.2) is 29.7 Å². The second-order valence-electron chi connectivity index (χ2n) is 7.41. The number of rotatable bonds is 4. The van der Waals surface area contributed by atoms with Crippen molar-refractivity contribution in [2.75, 3.05) is 19.7 Å². The third kappa shape index (κ3) is 2.89. The molecule has 1 aliphatic heterocycles. The molecule has 2 bridgehead atoms. The minimum absolute atomic E-state index is 0.295. The minimum Gasteiger partial charge on any atom is -0.396 e. The number of likely N-dealkylation sites (tertiary alicyclic amines) is 1. The lowest BCUT2D eigenvalue weighted by Crippen LogP contribution is -2.29. The largest absolute Gasteiger partial charge is 0.396 e. The lowest BCUT2D eigenvalue weighted by molar-refractivity contribution is 0.180. The van der Waals surface area contributed by atoms with Crippen LogP contribution in [0.3, 0.4) is 0 Å². The Bertz CT molecular complexity index is 706. The van der Waals surface area contributed by atoms with Crippen molar-refractivity contribution in [3.05, 3.63) is 59.2 Å². The van der Waals surface area contributed by atoms with Gasteiger partial charge in [0.15, 0.2) is 0 Å². The van der Waals surface area contributed by atoms with Crippen LogP contribution < -0.4 is 0 Å². The first kappa shape index (κ1) is 15.9. The topological polar surface area (TPSA) is 23.5 Å². The summed E-state index contributed by atoms with van der Waals surface area (Å²) in [5.41, 5.74) is 7.06. The molecule has 1 aliphatic carbocycles. The molecule has 126 valence electrons. The highest BCUT2D eigenvalue weighted by Crippen LogP contribution is 2.48. The normalized spacial score (nSPS) is 23.1. The Hall–Kier alpha value is -1.64. The van der Waals surface area contributed by atoms with E-state index in [-0.39, 0.29) is 0 Å². The van der Waals surface area contributed by atoms with E-state index in [2.05, 4.69) is 54.3 Å². The number of aryl methyl sites for hydroxylation is 1. The molecule has 0 spiro atoms. The summed E-state index contributed by atoms with van der Waals surface area (Å²) < 4.78 is 0. The van der Waals surface area contributed by atoms with Crippen LogP contribution in [0.2, 0.25) is 0 Å². The van der Waals surface area contributed by atoms with Crippen molar-refractivity contribution in [3.8, 4) is 11.1 Å². The molecule has 0 saturated carbocycles. The fourth-order valence-electron chi connectivity index (χ4n) is 4.54. The Balaban J connectivity index is 1.69. The zero-order valence-electron chi connectivity index (χ0n) is 14.5. The standard InChI is InChI=1S/C22H27NO/c1-16-5-7-17(8-6-16)18-9-10-20-19-4-2-11-23(12-3-13-24)22(15-19)21(20)14-18/h5-10,14,19,22,24H,2-4,11-13,15H2,1H3/t19-,22+/m0/s1. The Labute approximate surface area is 145 Å². The van der Waals surface area contributed by atoms with Crippen LogP contribution in [0.25, 0.3) is 11.1 Å². The Morgan fingerprint density at radius 1 is 1.04 bits per heavy atom. The van der Waals surface area contributed by atoms with E-state index in [0.717, 1.165) is 18.9 Å². The molecular formula is C22H27NO. The highest BCUT2D eigenvalue weighted by molar-refractivity contribution is 5.66. The third-order valence-corrected chi connectivity index (χ3v) is 5.82.